The fraction of sp³-hybridized carbons (Fsp3) is 0.235. The Morgan fingerprint density at radius 3 is 2.69 bits per heavy atom. The standard InChI is InChI=1S/C17H19N3O4S2/c1-23-13-6-7-15(24-2)17(11-13)26(21,22)19-12-14(16-5-3-10-25-16)20-9-4-8-18-20/h3-11,14,19H,12H2,1-2H3. The van der Waals surface area contributed by atoms with Gasteiger partial charge in [0.2, 0.25) is 10.0 Å². The second-order valence-electron chi connectivity index (χ2n) is 5.39. The number of rotatable bonds is 8. The second kappa shape index (κ2) is 7.90. The highest BCUT2D eigenvalue weighted by atomic mass is 32.2. The summed E-state index contributed by atoms with van der Waals surface area (Å²) in [7, 11) is -0.892. The molecule has 0 aliphatic heterocycles. The molecule has 3 rings (SSSR count). The number of hydrogen-bond donors (Lipinski definition) is 1. The Kier molecular flexibility index (Phi) is 5.60. The van der Waals surface area contributed by atoms with Gasteiger partial charge in [-0.15, -0.1) is 11.3 Å². The Morgan fingerprint density at radius 1 is 1.23 bits per heavy atom. The zero-order valence-corrected chi connectivity index (χ0v) is 16.0. The summed E-state index contributed by atoms with van der Waals surface area (Å²) >= 11 is 1.55. The van der Waals surface area contributed by atoms with Crippen LogP contribution in [-0.2, 0) is 10.0 Å². The molecule has 9 heteroatoms. The molecule has 0 saturated heterocycles. The van der Waals surface area contributed by atoms with E-state index in [1.54, 1.807) is 40.4 Å². The number of nitrogens with zero attached hydrogens (tertiary/aromatic N) is 2. The molecule has 0 aliphatic carbocycles. The molecule has 0 spiro atoms. The molecule has 1 unspecified atom stereocenters. The summed E-state index contributed by atoms with van der Waals surface area (Å²) in [4.78, 5) is 1.04. The second-order valence-corrected chi connectivity index (χ2v) is 8.10. The van der Waals surface area contributed by atoms with Gasteiger partial charge in [-0.2, -0.15) is 5.10 Å². The van der Waals surface area contributed by atoms with Crippen molar-refractivity contribution in [2.75, 3.05) is 20.8 Å². The van der Waals surface area contributed by atoms with Gasteiger partial charge in [0.1, 0.15) is 16.4 Å². The molecule has 138 valence electrons. The van der Waals surface area contributed by atoms with E-state index >= 15 is 0 Å². The van der Waals surface area contributed by atoms with Crippen molar-refractivity contribution in [3.8, 4) is 11.5 Å². The molecular weight excluding hydrogens is 374 g/mol. The lowest BCUT2D eigenvalue weighted by Crippen LogP contribution is -2.31. The van der Waals surface area contributed by atoms with Gasteiger partial charge in [0, 0.05) is 29.9 Å². The highest BCUT2D eigenvalue weighted by Gasteiger charge is 2.24. The maximum Gasteiger partial charge on any atom is 0.244 e. The maximum absolute atomic E-state index is 12.9. The van der Waals surface area contributed by atoms with E-state index in [1.807, 2.05) is 23.7 Å². The van der Waals surface area contributed by atoms with Gasteiger partial charge < -0.3 is 9.47 Å². The summed E-state index contributed by atoms with van der Waals surface area (Å²) in [6, 6.07) is 10.1. The number of hydrogen-bond acceptors (Lipinski definition) is 6. The smallest absolute Gasteiger partial charge is 0.244 e. The van der Waals surface area contributed by atoms with Crippen molar-refractivity contribution in [3.63, 3.8) is 0 Å². The van der Waals surface area contributed by atoms with E-state index in [0.29, 0.717) is 5.75 Å². The monoisotopic (exact) mass is 393 g/mol. The fourth-order valence-corrected chi connectivity index (χ4v) is 4.57. The Balaban J connectivity index is 1.87. The predicted octanol–water partition coefficient (Wildman–Crippen LogP) is 2.53. The van der Waals surface area contributed by atoms with Crippen LogP contribution in [0.3, 0.4) is 0 Å². The van der Waals surface area contributed by atoms with Crippen LogP contribution in [0.5, 0.6) is 11.5 Å². The van der Waals surface area contributed by atoms with Crippen LogP contribution >= 0.6 is 11.3 Å². The first kappa shape index (κ1) is 18.4. The van der Waals surface area contributed by atoms with Crippen LogP contribution in [0.2, 0.25) is 0 Å². The molecule has 7 nitrogen and oxygen atoms in total. The minimum atomic E-state index is -3.80. The molecule has 2 aromatic heterocycles. The lowest BCUT2D eigenvalue weighted by Gasteiger charge is -2.18. The normalized spacial score (nSPS) is 12.7. The Morgan fingerprint density at radius 2 is 2.08 bits per heavy atom. The number of aromatic nitrogens is 2. The van der Waals surface area contributed by atoms with Gasteiger partial charge in [-0.05, 0) is 29.6 Å². The van der Waals surface area contributed by atoms with Crippen molar-refractivity contribution >= 4 is 21.4 Å². The summed E-state index contributed by atoms with van der Waals surface area (Å²) in [6.45, 7) is 0.158. The van der Waals surface area contributed by atoms with Crippen molar-refractivity contribution < 1.29 is 17.9 Å². The maximum atomic E-state index is 12.9. The summed E-state index contributed by atoms with van der Waals surface area (Å²) in [5.74, 6) is 0.693. The van der Waals surface area contributed by atoms with Gasteiger partial charge in [-0.25, -0.2) is 13.1 Å². The summed E-state index contributed by atoms with van der Waals surface area (Å²) in [5.41, 5.74) is 0. The van der Waals surface area contributed by atoms with Crippen LogP contribution in [0.15, 0.2) is 59.1 Å². The van der Waals surface area contributed by atoms with Gasteiger partial charge in [0.15, 0.2) is 0 Å². The average Bonchev–Trinajstić information content (AvgIpc) is 3.35. The molecule has 0 aliphatic rings. The molecule has 0 bridgehead atoms. The minimum absolute atomic E-state index is 0.0322. The molecule has 0 fully saturated rings. The van der Waals surface area contributed by atoms with E-state index in [0.717, 1.165) is 4.88 Å². The van der Waals surface area contributed by atoms with Crippen molar-refractivity contribution in [2.24, 2.45) is 0 Å². The Labute approximate surface area is 156 Å². The largest absolute Gasteiger partial charge is 0.497 e. The third-order valence-electron chi connectivity index (χ3n) is 3.84. The van der Waals surface area contributed by atoms with Gasteiger partial charge in [0.05, 0.1) is 20.3 Å². The SMILES string of the molecule is COc1ccc(OC)c(S(=O)(=O)NCC(c2cccs2)n2cccn2)c1. The van der Waals surface area contributed by atoms with E-state index in [4.69, 9.17) is 9.47 Å². The number of nitrogens with one attached hydrogen (secondary N) is 1. The fourth-order valence-electron chi connectivity index (χ4n) is 2.53. The molecule has 3 aromatic rings. The van der Waals surface area contributed by atoms with Crippen LogP contribution in [0.1, 0.15) is 10.9 Å². The van der Waals surface area contributed by atoms with Crippen LogP contribution in [0.4, 0.5) is 0 Å². The molecular formula is C17H19N3O4S2. The lowest BCUT2D eigenvalue weighted by atomic mass is 10.2. The van der Waals surface area contributed by atoms with E-state index in [2.05, 4.69) is 9.82 Å². The number of benzene rings is 1. The molecule has 26 heavy (non-hydrogen) atoms. The summed E-state index contributed by atoms with van der Waals surface area (Å²) < 4.78 is 40.4. The third kappa shape index (κ3) is 3.90. The number of thiophene rings is 1. The van der Waals surface area contributed by atoms with E-state index < -0.39 is 10.0 Å². The summed E-state index contributed by atoms with van der Waals surface area (Å²) in [6.07, 6.45) is 3.48. The van der Waals surface area contributed by atoms with Crippen LogP contribution in [0.25, 0.3) is 0 Å². The zero-order valence-electron chi connectivity index (χ0n) is 14.3. The number of ether oxygens (including phenoxy) is 2. The highest BCUT2D eigenvalue weighted by Crippen LogP contribution is 2.29. The highest BCUT2D eigenvalue weighted by molar-refractivity contribution is 7.89. The number of methoxy groups -OCH3 is 2. The topological polar surface area (TPSA) is 82.5 Å². The Bertz CT molecular complexity index is 904. The van der Waals surface area contributed by atoms with Crippen LogP contribution < -0.4 is 14.2 Å². The van der Waals surface area contributed by atoms with Crippen molar-refractivity contribution in [1.29, 1.82) is 0 Å². The number of sulfonamides is 1. The van der Waals surface area contributed by atoms with Crippen molar-refractivity contribution in [3.05, 3.63) is 59.0 Å². The van der Waals surface area contributed by atoms with Gasteiger partial charge in [0.25, 0.3) is 0 Å². The van der Waals surface area contributed by atoms with Crippen LogP contribution in [0, 0.1) is 0 Å². The first-order valence-electron chi connectivity index (χ1n) is 7.79. The van der Waals surface area contributed by atoms with Crippen molar-refractivity contribution in [2.45, 2.75) is 10.9 Å². The molecule has 1 aromatic carbocycles. The molecule has 0 amide bonds. The van der Waals surface area contributed by atoms with E-state index in [9.17, 15) is 8.42 Å². The average molecular weight is 393 g/mol. The molecule has 0 saturated carbocycles. The van der Waals surface area contributed by atoms with E-state index in [1.165, 1.54) is 20.3 Å². The third-order valence-corrected chi connectivity index (χ3v) is 6.26. The molecule has 1 N–H and O–H groups in total. The molecule has 0 radical (unpaired) electrons. The first-order chi connectivity index (χ1) is 12.5. The van der Waals surface area contributed by atoms with Crippen LogP contribution in [-0.4, -0.2) is 39.0 Å². The van der Waals surface area contributed by atoms with E-state index in [-0.39, 0.29) is 23.2 Å². The quantitative estimate of drug-likeness (QED) is 0.636. The van der Waals surface area contributed by atoms with Crippen molar-refractivity contribution in [1.82, 2.24) is 14.5 Å². The molecule has 2 heterocycles. The van der Waals surface area contributed by atoms with Gasteiger partial charge in [-0.3, -0.25) is 4.68 Å². The molecule has 1 atom stereocenters. The lowest BCUT2D eigenvalue weighted by molar-refractivity contribution is 0.391. The van der Waals surface area contributed by atoms with Gasteiger partial charge >= 0.3 is 0 Å². The minimum Gasteiger partial charge on any atom is -0.497 e. The Hall–Kier alpha value is -2.36. The van der Waals surface area contributed by atoms with Gasteiger partial charge in [-0.1, -0.05) is 6.07 Å². The first-order valence-corrected chi connectivity index (χ1v) is 10.2. The predicted molar refractivity (Wildman–Crippen MR) is 99.4 cm³/mol. The summed E-state index contributed by atoms with van der Waals surface area (Å²) in [5, 5.41) is 6.20. The zero-order chi connectivity index (χ0) is 18.6.